The third-order valence-electron chi connectivity index (χ3n) is 1.89. The number of benzene rings is 1. The van der Waals surface area contributed by atoms with Crippen LogP contribution in [0.1, 0.15) is 17.3 Å². The second kappa shape index (κ2) is 5.76. The van der Waals surface area contributed by atoms with Gasteiger partial charge in [-0.25, -0.2) is 13.2 Å². The number of carbonyl (C=O) groups is 1. The van der Waals surface area contributed by atoms with Crippen LogP contribution in [0.3, 0.4) is 0 Å². The number of ether oxygens (including phenoxy) is 1. The van der Waals surface area contributed by atoms with Crippen LogP contribution >= 0.6 is 0 Å². The zero-order valence-corrected chi connectivity index (χ0v) is 10.3. The number of nitrogens with one attached hydrogen (secondary N) is 1. The number of hydrogen-bond acceptors (Lipinski definition) is 5. The van der Waals surface area contributed by atoms with Crippen molar-refractivity contribution in [1.29, 1.82) is 0 Å². The molecular formula is C10H13NO5S. The first kappa shape index (κ1) is 13.6. The number of rotatable bonds is 5. The summed E-state index contributed by atoms with van der Waals surface area (Å²) >= 11 is 0. The van der Waals surface area contributed by atoms with E-state index in [9.17, 15) is 13.2 Å². The Morgan fingerprint density at radius 3 is 2.59 bits per heavy atom. The lowest BCUT2D eigenvalue weighted by molar-refractivity contribution is 0.0595. The number of methoxy groups -OCH3 is 1. The SMILES string of the molecule is CCONS(=O)(=O)c1ccccc1C(=O)OC. The van der Waals surface area contributed by atoms with Crippen LogP contribution in [0.4, 0.5) is 0 Å². The van der Waals surface area contributed by atoms with Crippen molar-refractivity contribution in [3.05, 3.63) is 29.8 Å². The first-order valence-corrected chi connectivity index (χ1v) is 6.32. The molecule has 1 rings (SSSR count). The van der Waals surface area contributed by atoms with Crippen LogP contribution in [0.15, 0.2) is 29.2 Å². The predicted molar refractivity (Wildman–Crippen MR) is 59.7 cm³/mol. The molecule has 0 amide bonds. The number of carbonyl (C=O) groups excluding carboxylic acids is 1. The molecule has 94 valence electrons. The second-order valence-electron chi connectivity index (χ2n) is 3.01. The minimum absolute atomic E-state index is 0.0396. The summed E-state index contributed by atoms with van der Waals surface area (Å²) in [5.74, 6) is -0.720. The van der Waals surface area contributed by atoms with Gasteiger partial charge in [-0.05, 0) is 19.1 Å². The van der Waals surface area contributed by atoms with Crippen LogP contribution in [0.2, 0.25) is 0 Å². The Kier molecular flexibility index (Phi) is 4.62. The Balaban J connectivity index is 3.17. The summed E-state index contributed by atoms with van der Waals surface area (Å²) in [6, 6.07) is 5.72. The lowest BCUT2D eigenvalue weighted by Gasteiger charge is -2.09. The molecule has 1 aromatic carbocycles. The van der Waals surface area contributed by atoms with E-state index in [1.54, 1.807) is 13.0 Å². The third kappa shape index (κ3) is 3.26. The topological polar surface area (TPSA) is 81.7 Å². The first-order chi connectivity index (χ1) is 8.03. The maximum absolute atomic E-state index is 11.8. The highest BCUT2D eigenvalue weighted by molar-refractivity contribution is 7.89. The maximum Gasteiger partial charge on any atom is 0.339 e. The molecule has 0 aliphatic carbocycles. The van der Waals surface area contributed by atoms with Gasteiger partial charge in [0.1, 0.15) is 0 Å². The van der Waals surface area contributed by atoms with Crippen molar-refractivity contribution >= 4 is 16.0 Å². The molecule has 0 heterocycles. The van der Waals surface area contributed by atoms with Gasteiger partial charge in [-0.3, -0.25) is 4.84 Å². The van der Waals surface area contributed by atoms with E-state index in [1.807, 2.05) is 4.89 Å². The van der Waals surface area contributed by atoms with Gasteiger partial charge in [-0.2, -0.15) is 0 Å². The zero-order valence-electron chi connectivity index (χ0n) is 9.47. The van der Waals surface area contributed by atoms with Crippen molar-refractivity contribution in [3.8, 4) is 0 Å². The van der Waals surface area contributed by atoms with E-state index < -0.39 is 16.0 Å². The lowest BCUT2D eigenvalue weighted by Crippen LogP contribution is -2.26. The summed E-state index contributed by atoms with van der Waals surface area (Å²) in [7, 11) is -2.70. The van der Waals surface area contributed by atoms with Gasteiger partial charge in [0.2, 0.25) is 0 Å². The Bertz CT molecular complexity index is 497. The lowest BCUT2D eigenvalue weighted by atomic mass is 10.2. The Labute approximate surface area is 99.5 Å². The van der Waals surface area contributed by atoms with Crippen molar-refractivity contribution in [2.45, 2.75) is 11.8 Å². The van der Waals surface area contributed by atoms with E-state index in [4.69, 9.17) is 0 Å². The number of esters is 1. The predicted octanol–water partition coefficient (Wildman–Crippen LogP) is 0.703. The Morgan fingerprint density at radius 1 is 1.35 bits per heavy atom. The average Bonchev–Trinajstić information content (AvgIpc) is 2.35. The molecule has 0 bridgehead atoms. The summed E-state index contributed by atoms with van der Waals surface area (Å²) in [4.78, 5) is 17.8. The summed E-state index contributed by atoms with van der Waals surface area (Å²) in [6.07, 6.45) is 0. The fraction of sp³-hybridized carbons (Fsp3) is 0.300. The van der Waals surface area contributed by atoms with Gasteiger partial charge in [-0.1, -0.05) is 17.0 Å². The van der Waals surface area contributed by atoms with Gasteiger partial charge in [0.25, 0.3) is 10.0 Å². The van der Waals surface area contributed by atoms with E-state index in [2.05, 4.69) is 9.57 Å². The average molecular weight is 259 g/mol. The third-order valence-corrected chi connectivity index (χ3v) is 3.17. The molecule has 0 aliphatic heterocycles. The van der Waals surface area contributed by atoms with Crippen LogP contribution in [0.25, 0.3) is 0 Å². The molecule has 1 aromatic rings. The van der Waals surface area contributed by atoms with E-state index >= 15 is 0 Å². The molecule has 0 fully saturated rings. The normalized spacial score (nSPS) is 11.2. The zero-order chi connectivity index (χ0) is 12.9. The molecule has 0 saturated heterocycles. The monoisotopic (exact) mass is 259 g/mol. The molecule has 0 aromatic heterocycles. The number of hydrogen-bond donors (Lipinski definition) is 1. The van der Waals surface area contributed by atoms with E-state index in [0.717, 1.165) is 0 Å². The van der Waals surface area contributed by atoms with Crippen molar-refractivity contribution in [2.24, 2.45) is 0 Å². The summed E-state index contributed by atoms with van der Waals surface area (Å²) in [5, 5.41) is 0. The van der Waals surface area contributed by atoms with Crippen LogP contribution in [0.5, 0.6) is 0 Å². The molecule has 0 atom stereocenters. The Morgan fingerprint density at radius 2 is 2.00 bits per heavy atom. The molecule has 6 nitrogen and oxygen atoms in total. The van der Waals surface area contributed by atoms with Gasteiger partial charge in [0.15, 0.2) is 0 Å². The van der Waals surface area contributed by atoms with Crippen molar-refractivity contribution in [3.63, 3.8) is 0 Å². The van der Waals surface area contributed by atoms with Crippen LogP contribution in [-0.4, -0.2) is 28.1 Å². The smallest absolute Gasteiger partial charge is 0.339 e. The van der Waals surface area contributed by atoms with E-state index in [1.165, 1.54) is 25.3 Å². The van der Waals surface area contributed by atoms with Crippen molar-refractivity contribution < 1.29 is 22.8 Å². The van der Waals surface area contributed by atoms with Crippen LogP contribution < -0.4 is 4.89 Å². The minimum atomic E-state index is -3.88. The van der Waals surface area contributed by atoms with Crippen LogP contribution in [-0.2, 0) is 19.6 Å². The molecular weight excluding hydrogens is 246 g/mol. The maximum atomic E-state index is 11.8. The largest absolute Gasteiger partial charge is 0.465 e. The minimum Gasteiger partial charge on any atom is -0.465 e. The fourth-order valence-electron chi connectivity index (χ4n) is 1.16. The van der Waals surface area contributed by atoms with Gasteiger partial charge >= 0.3 is 5.97 Å². The van der Waals surface area contributed by atoms with Gasteiger partial charge < -0.3 is 4.74 Å². The van der Waals surface area contributed by atoms with Gasteiger partial charge in [0.05, 0.1) is 24.2 Å². The fourth-order valence-corrected chi connectivity index (χ4v) is 2.22. The molecule has 0 unspecified atom stereocenters. The molecule has 0 aliphatic rings. The molecule has 17 heavy (non-hydrogen) atoms. The highest BCUT2D eigenvalue weighted by atomic mass is 32.2. The summed E-state index contributed by atoms with van der Waals surface area (Å²) < 4.78 is 28.1. The molecule has 0 radical (unpaired) electrons. The highest BCUT2D eigenvalue weighted by Gasteiger charge is 2.22. The van der Waals surface area contributed by atoms with Crippen molar-refractivity contribution in [2.75, 3.05) is 13.7 Å². The van der Waals surface area contributed by atoms with E-state index in [0.29, 0.717) is 0 Å². The Hall–Kier alpha value is -1.44. The molecule has 7 heteroatoms. The molecule has 0 spiro atoms. The standard InChI is InChI=1S/C10H13NO5S/c1-3-16-11-17(13,14)9-7-5-4-6-8(9)10(12)15-2/h4-7,11H,3H2,1-2H3. The highest BCUT2D eigenvalue weighted by Crippen LogP contribution is 2.16. The first-order valence-electron chi connectivity index (χ1n) is 4.84. The summed E-state index contributed by atoms with van der Waals surface area (Å²) in [5.41, 5.74) is -0.0396. The van der Waals surface area contributed by atoms with Crippen LogP contribution in [0, 0.1) is 0 Å². The molecule has 1 N–H and O–H groups in total. The quantitative estimate of drug-likeness (QED) is 0.622. The molecule has 0 saturated carbocycles. The summed E-state index contributed by atoms with van der Waals surface area (Å²) in [6.45, 7) is 1.81. The number of sulfonamides is 1. The van der Waals surface area contributed by atoms with Crippen molar-refractivity contribution in [1.82, 2.24) is 4.89 Å². The van der Waals surface area contributed by atoms with Gasteiger partial charge in [0, 0.05) is 0 Å². The second-order valence-corrected chi connectivity index (χ2v) is 4.62. The van der Waals surface area contributed by atoms with E-state index in [-0.39, 0.29) is 17.1 Å². The van der Waals surface area contributed by atoms with Gasteiger partial charge in [-0.15, -0.1) is 0 Å².